The number of likely N-dealkylation sites (N-methyl/N-ethyl adjacent to an activating group) is 1. The minimum atomic E-state index is -0.887. The molecular formula is C11H18N6O2. The Morgan fingerprint density at radius 3 is 2.95 bits per heavy atom. The molecule has 1 atom stereocenters. The first-order chi connectivity index (χ1) is 8.87. The van der Waals surface area contributed by atoms with Crippen LogP contribution in [-0.4, -0.2) is 62.6 Å². The normalized spacial score (nSPS) is 14.8. The minimum Gasteiger partial charge on any atom is -0.387 e. The number of rotatable bonds is 5. The summed E-state index contributed by atoms with van der Waals surface area (Å²) in [6.45, 7) is 2.59. The Kier molecular flexibility index (Phi) is 3.54. The van der Waals surface area contributed by atoms with E-state index in [0.29, 0.717) is 24.6 Å². The lowest BCUT2D eigenvalue weighted by Crippen LogP contribution is -2.43. The molecule has 0 amide bonds. The van der Waals surface area contributed by atoms with Crippen molar-refractivity contribution >= 4 is 11.5 Å². The molecule has 0 aromatic carbocycles. The predicted molar refractivity (Wildman–Crippen MR) is 71.3 cm³/mol. The van der Waals surface area contributed by atoms with E-state index in [0.717, 1.165) is 0 Å². The smallest absolute Gasteiger partial charge is 0.364 e. The van der Waals surface area contributed by atoms with E-state index < -0.39 is 11.3 Å². The van der Waals surface area contributed by atoms with E-state index in [1.165, 1.54) is 4.52 Å². The Bertz CT molecular complexity index is 615. The lowest BCUT2D eigenvalue weighted by atomic mass is 10.1. The maximum absolute atomic E-state index is 11.4. The number of nitrogens with zero attached hydrogens (tertiary/aromatic N) is 4. The second-order valence-electron chi connectivity index (χ2n) is 5.11. The number of aromatic amines is 1. The molecule has 104 valence electrons. The van der Waals surface area contributed by atoms with Crippen molar-refractivity contribution in [2.24, 2.45) is 0 Å². The molecule has 0 bridgehead atoms. The molecule has 0 aliphatic rings. The molecule has 8 nitrogen and oxygen atoms in total. The summed E-state index contributed by atoms with van der Waals surface area (Å²) < 4.78 is 1.17. The quantitative estimate of drug-likeness (QED) is 0.651. The van der Waals surface area contributed by atoms with Gasteiger partial charge in [-0.3, -0.25) is 0 Å². The molecule has 0 spiro atoms. The monoisotopic (exact) mass is 266 g/mol. The van der Waals surface area contributed by atoms with Crippen LogP contribution in [0.15, 0.2) is 16.9 Å². The number of fused-ring (bicyclic) bond motifs is 1. The van der Waals surface area contributed by atoms with Gasteiger partial charge >= 0.3 is 5.69 Å². The molecule has 0 aliphatic heterocycles. The van der Waals surface area contributed by atoms with E-state index in [9.17, 15) is 9.90 Å². The van der Waals surface area contributed by atoms with Crippen molar-refractivity contribution in [3.63, 3.8) is 0 Å². The highest BCUT2D eigenvalue weighted by Crippen LogP contribution is 2.08. The van der Waals surface area contributed by atoms with Gasteiger partial charge in [0.15, 0.2) is 5.65 Å². The second-order valence-corrected chi connectivity index (χ2v) is 5.11. The summed E-state index contributed by atoms with van der Waals surface area (Å²) in [5, 5.41) is 23.4. The van der Waals surface area contributed by atoms with Crippen molar-refractivity contribution in [2.45, 2.75) is 12.5 Å². The van der Waals surface area contributed by atoms with Crippen LogP contribution in [0.4, 0.5) is 5.82 Å². The van der Waals surface area contributed by atoms with Crippen LogP contribution >= 0.6 is 0 Å². The maximum Gasteiger partial charge on any atom is 0.364 e. The number of hydrogen-bond acceptors (Lipinski definition) is 6. The van der Waals surface area contributed by atoms with Crippen molar-refractivity contribution in [3.8, 4) is 0 Å². The van der Waals surface area contributed by atoms with Crippen LogP contribution in [0.2, 0.25) is 0 Å². The lowest BCUT2D eigenvalue weighted by Gasteiger charge is -2.27. The maximum atomic E-state index is 11.4. The number of nitrogens with one attached hydrogen (secondary N) is 2. The summed E-state index contributed by atoms with van der Waals surface area (Å²) in [7, 11) is 3.79. The summed E-state index contributed by atoms with van der Waals surface area (Å²) in [4.78, 5) is 13.3. The van der Waals surface area contributed by atoms with Crippen molar-refractivity contribution < 1.29 is 5.11 Å². The lowest BCUT2D eigenvalue weighted by molar-refractivity contribution is 0.0459. The number of anilines is 1. The molecule has 8 heteroatoms. The molecule has 0 aliphatic carbocycles. The standard InChI is InChI=1S/C11H18N6O2/c1-11(19,7-16(2)3)6-12-8-4-5-9-13-14-10(18)17(9)15-8/h4-5,19H,6-7H2,1-3H3,(H,12,15)(H,14,18). The Labute approximate surface area is 110 Å². The third-order valence-electron chi connectivity index (χ3n) is 2.58. The van der Waals surface area contributed by atoms with Crippen LogP contribution in [0.1, 0.15) is 6.92 Å². The molecule has 2 rings (SSSR count). The van der Waals surface area contributed by atoms with E-state index in [2.05, 4.69) is 20.6 Å². The van der Waals surface area contributed by atoms with Crippen LogP contribution in [0.25, 0.3) is 5.65 Å². The van der Waals surface area contributed by atoms with Gasteiger partial charge in [0.25, 0.3) is 0 Å². The van der Waals surface area contributed by atoms with Gasteiger partial charge in [-0.25, -0.2) is 9.89 Å². The van der Waals surface area contributed by atoms with Crippen molar-refractivity contribution in [1.82, 2.24) is 24.7 Å². The van der Waals surface area contributed by atoms with E-state index >= 15 is 0 Å². The zero-order valence-electron chi connectivity index (χ0n) is 11.2. The molecule has 1 unspecified atom stereocenters. The predicted octanol–water partition coefficient (Wildman–Crippen LogP) is -0.858. The highest BCUT2D eigenvalue weighted by molar-refractivity contribution is 5.43. The van der Waals surface area contributed by atoms with Crippen LogP contribution in [0.5, 0.6) is 0 Å². The number of hydrogen-bond donors (Lipinski definition) is 3. The summed E-state index contributed by atoms with van der Waals surface area (Å²) in [6.07, 6.45) is 0. The van der Waals surface area contributed by atoms with Gasteiger partial charge in [-0.2, -0.15) is 9.61 Å². The molecule has 2 aromatic heterocycles. The summed E-state index contributed by atoms with van der Waals surface area (Å²) in [6, 6.07) is 3.38. The number of H-pyrrole nitrogens is 1. The van der Waals surface area contributed by atoms with Gasteiger partial charge in [0.2, 0.25) is 0 Å². The van der Waals surface area contributed by atoms with Crippen LogP contribution in [-0.2, 0) is 0 Å². The summed E-state index contributed by atoms with van der Waals surface area (Å²) in [5.74, 6) is 0.509. The average molecular weight is 266 g/mol. The topological polar surface area (TPSA) is 98.5 Å². The molecule has 2 aromatic rings. The van der Waals surface area contributed by atoms with E-state index in [-0.39, 0.29) is 0 Å². The largest absolute Gasteiger partial charge is 0.387 e. The van der Waals surface area contributed by atoms with Gasteiger partial charge < -0.3 is 15.3 Å². The van der Waals surface area contributed by atoms with Crippen molar-refractivity contribution in [2.75, 3.05) is 32.5 Å². The van der Waals surface area contributed by atoms with E-state index in [1.54, 1.807) is 19.1 Å². The third-order valence-corrected chi connectivity index (χ3v) is 2.58. The molecule has 3 N–H and O–H groups in total. The van der Waals surface area contributed by atoms with Gasteiger partial charge in [0.1, 0.15) is 5.82 Å². The SMILES string of the molecule is CN(C)CC(C)(O)CNc1ccc2n[nH]c(=O)n2n1. The molecule has 0 saturated carbocycles. The fourth-order valence-corrected chi connectivity index (χ4v) is 1.92. The first kappa shape index (κ1) is 13.5. The third kappa shape index (κ3) is 3.30. The second kappa shape index (κ2) is 4.98. The Hall–Kier alpha value is -1.93. The van der Waals surface area contributed by atoms with E-state index in [1.807, 2.05) is 19.0 Å². The van der Waals surface area contributed by atoms with E-state index in [4.69, 9.17) is 0 Å². The first-order valence-electron chi connectivity index (χ1n) is 5.93. The van der Waals surface area contributed by atoms with Gasteiger partial charge in [-0.1, -0.05) is 0 Å². The number of aromatic nitrogens is 4. The Morgan fingerprint density at radius 1 is 1.53 bits per heavy atom. The molecule has 0 radical (unpaired) electrons. The van der Waals surface area contributed by atoms with Crippen LogP contribution in [0, 0.1) is 0 Å². The zero-order chi connectivity index (χ0) is 14.0. The molecule has 19 heavy (non-hydrogen) atoms. The van der Waals surface area contributed by atoms with Crippen LogP contribution < -0.4 is 11.0 Å². The van der Waals surface area contributed by atoms with Gasteiger partial charge in [0, 0.05) is 13.1 Å². The first-order valence-corrected chi connectivity index (χ1v) is 5.93. The highest BCUT2D eigenvalue weighted by atomic mass is 16.3. The van der Waals surface area contributed by atoms with Crippen LogP contribution in [0.3, 0.4) is 0 Å². The summed E-state index contributed by atoms with van der Waals surface area (Å²) in [5.41, 5.74) is -0.823. The van der Waals surface area contributed by atoms with Crippen molar-refractivity contribution in [3.05, 3.63) is 22.6 Å². The van der Waals surface area contributed by atoms with Crippen molar-refractivity contribution in [1.29, 1.82) is 0 Å². The Morgan fingerprint density at radius 2 is 2.26 bits per heavy atom. The average Bonchev–Trinajstić information content (AvgIpc) is 2.67. The zero-order valence-corrected chi connectivity index (χ0v) is 11.2. The highest BCUT2D eigenvalue weighted by Gasteiger charge is 2.21. The minimum absolute atomic E-state index is 0.330. The molecule has 2 heterocycles. The molecule has 0 fully saturated rings. The molecule has 0 saturated heterocycles. The number of aliphatic hydroxyl groups is 1. The Balaban J connectivity index is 2.09. The van der Waals surface area contributed by atoms with Gasteiger partial charge in [-0.05, 0) is 33.2 Å². The van der Waals surface area contributed by atoms with Gasteiger partial charge in [0.05, 0.1) is 5.60 Å². The fourth-order valence-electron chi connectivity index (χ4n) is 1.92. The summed E-state index contributed by atoms with van der Waals surface area (Å²) >= 11 is 0. The molecular weight excluding hydrogens is 248 g/mol. The van der Waals surface area contributed by atoms with Gasteiger partial charge in [-0.15, -0.1) is 5.10 Å². The fraction of sp³-hybridized carbons (Fsp3) is 0.545.